The van der Waals surface area contributed by atoms with Gasteiger partial charge in [0.05, 0.1) is 23.6 Å². The van der Waals surface area contributed by atoms with Gasteiger partial charge in [0.25, 0.3) is 0 Å². The average molecular weight is 324 g/mol. The van der Waals surface area contributed by atoms with Crippen molar-refractivity contribution in [3.05, 3.63) is 0 Å². The van der Waals surface area contributed by atoms with Crippen LogP contribution in [0.5, 0.6) is 0 Å². The minimum atomic E-state index is -0.474. The van der Waals surface area contributed by atoms with Crippen LogP contribution in [0.1, 0.15) is 67.2 Å². The van der Waals surface area contributed by atoms with Crippen LogP contribution < -0.4 is 0 Å². The Bertz CT molecular complexity index is 448. The van der Waals surface area contributed by atoms with E-state index < -0.39 is 5.60 Å². The number of hydrogen-bond acceptors (Lipinski definition) is 4. The molecule has 0 aliphatic carbocycles. The summed E-state index contributed by atoms with van der Waals surface area (Å²) in [5.74, 6) is 0. The fraction of sp³-hybridized carbons (Fsp3) is 0.889. The molecule has 1 saturated heterocycles. The summed E-state index contributed by atoms with van der Waals surface area (Å²) >= 11 is 0. The number of amides is 1. The molecule has 0 N–H and O–H groups in total. The van der Waals surface area contributed by atoms with Gasteiger partial charge in [0.2, 0.25) is 0 Å². The van der Waals surface area contributed by atoms with Crippen LogP contribution in [0.2, 0.25) is 0 Å². The van der Waals surface area contributed by atoms with E-state index in [4.69, 9.17) is 14.7 Å². The molecule has 5 nitrogen and oxygen atoms in total. The fourth-order valence-corrected chi connectivity index (χ4v) is 2.69. The maximum Gasteiger partial charge on any atom is 0.410 e. The number of hydrogen-bond donors (Lipinski definition) is 0. The molecule has 1 heterocycles. The zero-order valence-electron chi connectivity index (χ0n) is 15.6. The largest absolute Gasteiger partial charge is 0.444 e. The van der Waals surface area contributed by atoms with Gasteiger partial charge in [-0.3, -0.25) is 0 Å². The molecule has 1 rings (SSSR count). The summed E-state index contributed by atoms with van der Waals surface area (Å²) in [4.78, 5) is 13.9. The molecule has 0 saturated carbocycles. The number of nitrogens with zero attached hydrogens (tertiary/aromatic N) is 2. The normalized spacial score (nSPS) is 22.0. The Morgan fingerprint density at radius 1 is 1.30 bits per heavy atom. The smallest absolute Gasteiger partial charge is 0.410 e. The first-order valence-corrected chi connectivity index (χ1v) is 8.56. The van der Waals surface area contributed by atoms with Crippen LogP contribution in [0.4, 0.5) is 4.79 Å². The highest BCUT2D eigenvalue weighted by atomic mass is 16.6. The van der Waals surface area contributed by atoms with Crippen LogP contribution in [0, 0.1) is 16.7 Å². The molecule has 23 heavy (non-hydrogen) atoms. The summed E-state index contributed by atoms with van der Waals surface area (Å²) in [5, 5.41) is 9.04. The first-order chi connectivity index (χ1) is 10.5. The minimum Gasteiger partial charge on any atom is -0.444 e. The highest BCUT2D eigenvalue weighted by Gasteiger charge is 2.40. The van der Waals surface area contributed by atoms with E-state index in [0.717, 1.165) is 25.7 Å². The predicted molar refractivity (Wildman–Crippen MR) is 90.0 cm³/mol. The Hall–Kier alpha value is -1.28. The first kappa shape index (κ1) is 19.8. The number of rotatable bonds is 6. The second kappa shape index (κ2) is 7.53. The van der Waals surface area contributed by atoms with E-state index in [2.05, 4.69) is 13.0 Å². The summed E-state index contributed by atoms with van der Waals surface area (Å²) in [6.45, 7) is 13.5. The molecule has 1 unspecified atom stereocenters. The van der Waals surface area contributed by atoms with Crippen molar-refractivity contribution in [1.29, 1.82) is 5.26 Å². The third-order valence-electron chi connectivity index (χ3n) is 4.27. The molecule has 0 aromatic heterocycles. The third-order valence-corrected chi connectivity index (χ3v) is 4.27. The van der Waals surface area contributed by atoms with E-state index in [1.165, 1.54) is 0 Å². The highest BCUT2D eigenvalue weighted by molar-refractivity contribution is 5.68. The lowest BCUT2D eigenvalue weighted by Gasteiger charge is -2.30. The predicted octanol–water partition coefficient (Wildman–Crippen LogP) is 4.12. The molecule has 132 valence electrons. The molecule has 0 aromatic carbocycles. The van der Waals surface area contributed by atoms with E-state index >= 15 is 0 Å². The Balaban J connectivity index is 2.48. The summed E-state index contributed by atoms with van der Waals surface area (Å²) in [7, 11) is 0. The zero-order chi connectivity index (χ0) is 17.7. The van der Waals surface area contributed by atoms with Crippen LogP contribution in [0.3, 0.4) is 0 Å². The SMILES string of the molecule is CCC1(OCCCC(C)(C)C#N)CCN(C(=O)OC(C)(C)C)C1. The van der Waals surface area contributed by atoms with Crippen molar-refractivity contribution in [2.45, 2.75) is 78.4 Å². The lowest BCUT2D eigenvalue weighted by Crippen LogP contribution is -2.40. The Morgan fingerprint density at radius 2 is 1.96 bits per heavy atom. The number of ether oxygens (including phenoxy) is 2. The van der Waals surface area contributed by atoms with Gasteiger partial charge in [-0.15, -0.1) is 0 Å². The summed E-state index contributed by atoms with van der Waals surface area (Å²) in [6, 6.07) is 2.31. The van der Waals surface area contributed by atoms with Crippen molar-refractivity contribution >= 4 is 6.09 Å². The first-order valence-electron chi connectivity index (χ1n) is 8.56. The van der Waals surface area contributed by atoms with E-state index in [1.54, 1.807) is 4.90 Å². The molecule has 0 aromatic rings. The van der Waals surface area contributed by atoms with Crippen molar-refractivity contribution < 1.29 is 14.3 Å². The second-order valence-electron chi connectivity index (χ2n) is 8.14. The van der Waals surface area contributed by atoms with E-state index in [0.29, 0.717) is 19.7 Å². The Morgan fingerprint density at radius 3 is 2.48 bits per heavy atom. The monoisotopic (exact) mass is 324 g/mol. The molecule has 1 aliphatic rings. The average Bonchev–Trinajstić information content (AvgIpc) is 2.87. The fourth-order valence-electron chi connectivity index (χ4n) is 2.69. The summed E-state index contributed by atoms with van der Waals surface area (Å²) < 4.78 is 11.6. The minimum absolute atomic E-state index is 0.262. The van der Waals surface area contributed by atoms with Crippen LogP contribution in [-0.2, 0) is 9.47 Å². The van der Waals surface area contributed by atoms with Crippen molar-refractivity contribution in [3.63, 3.8) is 0 Å². The topological polar surface area (TPSA) is 62.6 Å². The Labute approximate surface area is 140 Å². The maximum atomic E-state index is 12.2. The number of carbonyl (C=O) groups excluding carboxylic acids is 1. The van der Waals surface area contributed by atoms with Crippen LogP contribution in [-0.4, -0.2) is 41.9 Å². The molecule has 0 bridgehead atoms. The molecule has 1 fully saturated rings. The molecule has 0 spiro atoms. The molecule has 0 radical (unpaired) electrons. The van der Waals surface area contributed by atoms with Crippen molar-refractivity contribution in [2.24, 2.45) is 5.41 Å². The number of likely N-dealkylation sites (tertiary alicyclic amines) is 1. The van der Waals surface area contributed by atoms with Gasteiger partial charge in [0.15, 0.2) is 0 Å². The number of carbonyl (C=O) groups is 1. The Kier molecular flexibility index (Phi) is 6.47. The molecule has 1 atom stereocenters. The van der Waals surface area contributed by atoms with Crippen LogP contribution in [0.25, 0.3) is 0 Å². The van der Waals surface area contributed by atoms with E-state index in [9.17, 15) is 4.79 Å². The lowest BCUT2D eigenvalue weighted by atomic mass is 9.90. The molecular formula is C18H32N2O3. The van der Waals surface area contributed by atoms with Gasteiger partial charge < -0.3 is 14.4 Å². The van der Waals surface area contributed by atoms with E-state index in [1.807, 2.05) is 34.6 Å². The van der Waals surface area contributed by atoms with Gasteiger partial charge in [-0.2, -0.15) is 5.26 Å². The van der Waals surface area contributed by atoms with Crippen molar-refractivity contribution in [1.82, 2.24) is 4.90 Å². The van der Waals surface area contributed by atoms with Gasteiger partial charge in [-0.1, -0.05) is 6.92 Å². The van der Waals surface area contributed by atoms with E-state index in [-0.39, 0.29) is 17.1 Å². The van der Waals surface area contributed by atoms with Gasteiger partial charge in [-0.05, 0) is 60.3 Å². The molecule has 1 amide bonds. The lowest BCUT2D eigenvalue weighted by molar-refractivity contribution is -0.0450. The van der Waals surface area contributed by atoms with Crippen molar-refractivity contribution in [3.8, 4) is 6.07 Å². The van der Waals surface area contributed by atoms with Gasteiger partial charge in [-0.25, -0.2) is 4.79 Å². The quantitative estimate of drug-likeness (QED) is 0.689. The number of nitriles is 1. The highest BCUT2D eigenvalue weighted by Crippen LogP contribution is 2.31. The van der Waals surface area contributed by atoms with Crippen molar-refractivity contribution in [2.75, 3.05) is 19.7 Å². The second-order valence-corrected chi connectivity index (χ2v) is 8.14. The van der Waals surface area contributed by atoms with Gasteiger partial charge >= 0.3 is 6.09 Å². The van der Waals surface area contributed by atoms with Crippen LogP contribution >= 0.6 is 0 Å². The summed E-state index contributed by atoms with van der Waals surface area (Å²) in [6.07, 6.45) is 3.12. The standard InChI is InChI=1S/C18H32N2O3/c1-7-18(22-12-8-9-17(5,6)13-19)10-11-20(14-18)15(21)23-16(2,3)4/h7-12,14H2,1-6H3. The molecule has 1 aliphatic heterocycles. The molecule has 5 heteroatoms. The van der Waals surface area contributed by atoms with Gasteiger partial charge in [0.1, 0.15) is 5.60 Å². The molecular weight excluding hydrogens is 292 g/mol. The zero-order valence-corrected chi connectivity index (χ0v) is 15.6. The van der Waals surface area contributed by atoms with Crippen LogP contribution in [0.15, 0.2) is 0 Å². The third kappa shape index (κ3) is 6.39. The maximum absolute atomic E-state index is 12.2. The van der Waals surface area contributed by atoms with Gasteiger partial charge in [0, 0.05) is 13.2 Å². The summed E-state index contributed by atoms with van der Waals surface area (Å²) in [5.41, 5.74) is -1.05.